The SMILES string of the molecule is NC(=O)[C@H](Cc1cccc(Cl)c1)NC(=O)[C@H]1CCCO1. The van der Waals surface area contributed by atoms with Crippen molar-refractivity contribution in [3.05, 3.63) is 34.9 Å². The van der Waals surface area contributed by atoms with Gasteiger partial charge in [0.1, 0.15) is 12.1 Å². The van der Waals surface area contributed by atoms with E-state index in [1.165, 1.54) is 0 Å². The van der Waals surface area contributed by atoms with E-state index in [4.69, 9.17) is 22.1 Å². The summed E-state index contributed by atoms with van der Waals surface area (Å²) in [5, 5.41) is 3.22. The molecule has 1 aromatic rings. The van der Waals surface area contributed by atoms with Crippen LogP contribution < -0.4 is 11.1 Å². The fourth-order valence-electron chi connectivity index (χ4n) is 2.17. The van der Waals surface area contributed by atoms with Crippen LogP contribution in [-0.4, -0.2) is 30.6 Å². The number of carbonyl (C=O) groups excluding carboxylic acids is 2. The molecule has 0 spiro atoms. The highest BCUT2D eigenvalue weighted by Crippen LogP contribution is 2.14. The predicted octanol–water partition coefficient (Wildman–Crippen LogP) is 1.03. The van der Waals surface area contributed by atoms with Crippen molar-refractivity contribution >= 4 is 23.4 Å². The Morgan fingerprint density at radius 3 is 2.90 bits per heavy atom. The Bertz CT molecular complexity index is 501. The van der Waals surface area contributed by atoms with Crippen LogP contribution in [0.15, 0.2) is 24.3 Å². The number of hydrogen-bond donors (Lipinski definition) is 2. The Labute approximate surface area is 122 Å². The highest BCUT2D eigenvalue weighted by Gasteiger charge is 2.27. The summed E-state index contributed by atoms with van der Waals surface area (Å²) in [7, 11) is 0. The number of amides is 2. The van der Waals surface area contributed by atoms with Crippen molar-refractivity contribution in [2.75, 3.05) is 6.61 Å². The second-order valence-corrected chi connectivity index (χ2v) is 5.24. The molecule has 0 radical (unpaired) electrons. The van der Waals surface area contributed by atoms with Gasteiger partial charge in [-0.15, -0.1) is 0 Å². The van der Waals surface area contributed by atoms with E-state index < -0.39 is 18.1 Å². The maximum absolute atomic E-state index is 11.9. The maximum Gasteiger partial charge on any atom is 0.249 e. The normalized spacial score (nSPS) is 19.6. The highest BCUT2D eigenvalue weighted by molar-refractivity contribution is 6.30. The molecular formula is C14H17ClN2O3. The molecule has 0 aromatic heterocycles. The number of nitrogens with one attached hydrogen (secondary N) is 1. The third kappa shape index (κ3) is 3.95. The fourth-order valence-corrected chi connectivity index (χ4v) is 2.38. The third-order valence-electron chi connectivity index (χ3n) is 3.21. The number of benzene rings is 1. The van der Waals surface area contributed by atoms with Gasteiger partial charge in [0.05, 0.1) is 0 Å². The van der Waals surface area contributed by atoms with Crippen molar-refractivity contribution in [1.82, 2.24) is 5.32 Å². The topological polar surface area (TPSA) is 81.4 Å². The minimum atomic E-state index is -0.759. The van der Waals surface area contributed by atoms with Crippen LogP contribution in [0.3, 0.4) is 0 Å². The van der Waals surface area contributed by atoms with Gasteiger partial charge in [0, 0.05) is 18.1 Å². The van der Waals surface area contributed by atoms with E-state index >= 15 is 0 Å². The molecule has 1 saturated heterocycles. The molecule has 0 saturated carbocycles. The van der Waals surface area contributed by atoms with Crippen molar-refractivity contribution < 1.29 is 14.3 Å². The van der Waals surface area contributed by atoms with Gasteiger partial charge < -0.3 is 15.8 Å². The number of halogens is 1. The molecule has 0 bridgehead atoms. The molecule has 0 aliphatic carbocycles. The summed E-state index contributed by atoms with van der Waals surface area (Å²) < 4.78 is 5.28. The van der Waals surface area contributed by atoms with Gasteiger partial charge in [-0.05, 0) is 30.5 Å². The van der Waals surface area contributed by atoms with Gasteiger partial charge in [-0.1, -0.05) is 23.7 Å². The van der Waals surface area contributed by atoms with Crippen LogP contribution in [0, 0.1) is 0 Å². The first kappa shape index (κ1) is 14.8. The Hall–Kier alpha value is -1.59. The average molecular weight is 297 g/mol. The molecule has 6 heteroatoms. The van der Waals surface area contributed by atoms with Crippen molar-refractivity contribution in [1.29, 1.82) is 0 Å². The lowest BCUT2D eigenvalue weighted by Gasteiger charge is -2.18. The van der Waals surface area contributed by atoms with Crippen LogP contribution in [0.25, 0.3) is 0 Å². The zero-order valence-electron chi connectivity index (χ0n) is 11.0. The zero-order chi connectivity index (χ0) is 14.5. The van der Waals surface area contributed by atoms with Gasteiger partial charge in [-0.25, -0.2) is 0 Å². The van der Waals surface area contributed by atoms with E-state index in [1.807, 2.05) is 6.07 Å². The molecule has 1 aliphatic rings. The Morgan fingerprint density at radius 1 is 1.50 bits per heavy atom. The highest BCUT2D eigenvalue weighted by atomic mass is 35.5. The second-order valence-electron chi connectivity index (χ2n) is 4.80. The van der Waals surface area contributed by atoms with Crippen molar-refractivity contribution in [3.8, 4) is 0 Å². The van der Waals surface area contributed by atoms with E-state index in [0.29, 0.717) is 24.5 Å². The van der Waals surface area contributed by atoms with Gasteiger partial charge >= 0.3 is 0 Å². The average Bonchev–Trinajstić information content (AvgIpc) is 2.91. The van der Waals surface area contributed by atoms with Crippen LogP contribution in [-0.2, 0) is 20.7 Å². The molecule has 1 aliphatic heterocycles. The monoisotopic (exact) mass is 296 g/mol. The second kappa shape index (κ2) is 6.72. The molecule has 0 unspecified atom stereocenters. The largest absolute Gasteiger partial charge is 0.368 e. The summed E-state index contributed by atoms with van der Waals surface area (Å²) >= 11 is 5.89. The summed E-state index contributed by atoms with van der Waals surface area (Å²) in [6.07, 6.45) is 1.37. The lowest BCUT2D eigenvalue weighted by atomic mass is 10.0. The first-order chi connectivity index (χ1) is 9.56. The van der Waals surface area contributed by atoms with Gasteiger partial charge in [-0.2, -0.15) is 0 Å². The quantitative estimate of drug-likeness (QED) is 0.851. The smallest absolute Gasteiger partial charge is 0.249 e. The lowest BCUT2D eigenvalue weighted by Crippen LogP contribution is -2.49. The first-order valence-electron chi connectivity index (χ1n) is 6.52. The minimum absolute atomic E-state index is 0.284. The molecule has 1 fully saturated rings. The molecule has 1 aromatic carbocycles. The van der Waals surface area contributed by atoms with Gasteiger partial charge in [-0.3, -0.25) is 9.59 Å². The molecule has 20 heavy (non-hydrogen) atoms. The van der Waals surface area contributed by atoms with Crippen molar-refractivity contribution in [2.24, 2.45) is 5.73 Å². The van der Waals surface area contributed by atoms with Crippen LogP contribution in [0.5, 0.6) is 0 Å². The molecule has 2 rings (SSSR count). The van der Waals surface area contributed by atoms with E-state index in [9.17, 15) is 9.59 Å². The van der Waals surface area contributed by atoms with Crippen molar-refractivity contribution in [3.63, 3.8) is 0 Å². The third-order valence-corrected chi connectivity index (χ3v) is 3.45. The van der Waals surface area contributed by atoms with Crippen LogP contribution in [0.2, 0.25) is 5.02 Å². The summed E-state index contributed by atoms with van der Waals surface area (Å²) in [5.41, 5.74) is 6.18. The molecule has 2 atom stereocenters. The van der Waals surface area contributed by atoms with E-state index in [-0.39, 0.29) is 5.91 Å². The molecule has 3 N–H and O–H groups in total. The standard InChI is InChI=1S/C14H17ClN2O3/c15-10-4-1-3-9(7-10)8-11(13(16)18)17-14(19)12-5-2-6-20-12/h1,3-4,7,11-12H,2,5-6,8H2,(H2,16,18)(H,17,19)/t11-,12+/m0/s1. The number of carbonyl (C=O) groups is 2. The molecular weight excluding hydrogens is 280 g/mol. The maximum atomic E-state index is 11.9. The summed E-state index contributed by atoms with van der Waals surface area (Å²) in [6, 6.07) is 6.35. The predicted molar refractivity (Wildman–Crippen MR) is 75.3 cm³/mol. The summed E-state index contributed by atoms with van der Waals surface area (Å²) in [5.74, 6) is -0.857. The number of ether oxygens (including phenoxy) is 1. The van der Waals surface area contributed by atoms with E-state index in [0.717, 1.165) is 12.0 Å². The Kier molecular flexibility index (Phi) is 4.98. The molecule has 108 valence electrons. The Morgan fingerprint density at radius 2 is 2.30 bits per heavy atom. The summed E-state index contributed by atoms with van der Waals surface area (Å²) in [4.78, 5) is 23.4. The fraction of sp³-hybridized carbons (Fsp3) is 0.429. The number of nitrogens with two attached hydrogens (primary N) is 1. The minimum Gasteiger partial charge on any atom is -0.368 e. The van der Waals surface area contributed by atoms with Crippen molar-refractivity contribution in [2.45, 2.75) is 31.4 Å². The van der Waals surface area contributed by atoms with E-state index in [1.54, 1.807) is 18.2 Å². The number of hydrogen-bond acceptors (Lipinski definition) is 3. The van der Waals surface area contributed by atoms with E-state index in [2.05, 4.69) is 5.32 Å². The van der Waals surface area contributed by atoms with Crippen LogP contribution >= 0.6 is 11.6 Å². The molecule has 2 amide bonds. The first-order valence-corrected chi connectivity index (χ1v) is 6.90. The molecule has 5 nitrogen and oxygen atoms in total. The number of primary amides is 1. The van der Waals surface area contributed by atoms with Gasteiger partial charge in [0.2, 0.25) is 11.8 Å². The Balaban J connectivity index is 2.00. The lowest BCUT2D eigenvalue weighted by molar-refractivity contribution is -0.133. The zero-order valence-corrected chi connectivity index (χ0v) is 11.7. The van der Waals surface area contributed by atoms with Crippen LogP contribution in [0.1, 0.15) is 18.4 Å². The molecule has 1 heterocycles. The van der Waals surface area contributed by atoms with Gasteiger partial charge in [0.15, 0.2) is 0 Å². The van der Waals surface area contributed by atoms with Crippen LogP contribution in [0.4, 0.5) is 0 Å². The summed E-state index contributed by atoms with van der Waals surface area (Å²) in [6.45, 7) is 0.577. The number of rotatable bonds is 5. The van der Waals surface area contributed by atoms with Gasteiger partial charge in [0.25, 0.3) is 0 Å².